The average molecular weight is 419 g/mol. The molecule has 156 valence electrons. The minimum atomic E-state index is -3.54. The molecule has 3 rings (SSSR count). The number of hydrogen-bond donors (Lipinski definition) is 2. The summed E-state index contributed by atoms with van der Waals surface area (Å²) in [5, 5.41) is 4.86. The molecule has 1 amide bonds. The topological polar surface area (TPSA) is 92.3 Å². The Morgan fingerprint density at radius 2 is 1.66 bits per heavy atom. The molecule has 7 nitrogen and oxygen atoms in total. The zero-order valence-electron chi connectivity index (χ0n) is 16.7. The first-order valence-corrected chi connectivity index (χ1v) is 11.2. The SMILES string of the molecule is C[C@H]([NH2+][C@@H](C)c1ccccc1)C(=O)Nc1ccc(S(=O)(=O)N2CCOCC2)cc1. The standard InChI is InChI=1S/C21H27N3O4S/c1-16(18-6-4-3-5-7-18)22-17(2)21(25)23-19-8-10-20(11-9-19)29(26,27)24-12-14-28-15-13-24/h3-11,16-17,22H,12-15H2,1-2H3,(H,23,25)/p+1/t16-,17-/m0/s1. The van der Waals surface area contributed by atoms with E-state index in [1.807, 2.05) is 42.6 Å². The molecule has 1 fully saturated rings. The molecule has 2 aromatic carbocycles. The van der Waals surface area contributed by atoms with E-state index in [2.05, 4.69) is 12.2 Å². The molecule has 0 saturated carbocycles. The summed E-state index contributed by atoms with van der Waals surface area (Å²) < 4.78 is 32.0. The third kappa shape index (κ3) is 5.42. The van der Waals surface area contributed by atoms with Crippen LogP contribution in [0.25, 0.3) is 0 Å². The van der Waals surface area contributed by atoms with Crippen LogP contribution < -0.4 is 10.6 Å². The van der Waals surface area contributed by atoms with E-state index in [0.29, 0.717) is 32.0 Å². The van der Waals surface area contributed by atoms with Gasteiger partial charge in [0.05, 0.1) is 18.1 Å². The average Bonchev–Trinajstić information content (AvgIpc) is 2.75. The molecule has 0 aromatic heterocycles. The highest BCUT2D eigenvalue weighted by atomic mass is 32.2. The maximum absolute atomic E-state index is 12.7. The maximum Gasteiger partial charge on any atom is 0.282 e. The van der Waals surface area contributed by atoms with Crippen LogP contribution in [-0.4, -0.2) is 51.0 Å². The van der Waals surface area contributed by atoms with Crippen molar-refractivity contribution in [2.45, 2.75) is 30.8 Å². The summed E-state index contributed by atoms with van der Waals surface area (Å²) in [6.07, 6.45) is 0. The summed E-state index contributed by atoms with van der Waals surface area (Å²) in [6, 6.07) is 16.2. The third-order valence-electron chi connectivity index (χ3n) is 5.05. The van der Waals surface area contributed by atoms with Crippen LogP contribution in [0.5, 0.6) is 0 Å². The molecule has 0 bridgehead atoms. The van der Waals surface area contributed by atoms with E-state index in [4.69, 9.17) is 4.74 Å². The number of amides is 1. The number of nitrogens with two attached hydrogens (primary N) is 1. The van der Waals surface area contributed by atoms with E-state index in [1.165, 1.54) is 16.4 Å². The van der Waals surface area contributed by atoms with Crippen molar-refractivity contribution in [3.63, 3.8) is 0 Å². The zero-order valence-corrected chi connectivity index (χ0v) is 17.6. The highest BCUT2D eigenvalue weighted by Crippen LogP contribution is 2.19. The van der Waals surface area contributed by atoms with E-state index in [0.717, 1.165) is 5.56 Å². The van der Waals surface area contributed by atoms with Crippen LogP contribution in [0.2, 0.25) is 0 Å². The molecule has 8 heteroatoms. The number of carbonyl (C=O) groups excluding carboxylic acids is 1. The van der Waals surface area contributed by atoms with Crippen LogP contribution in [0.4, 0.5) is 5.69 Å². The Bertz CT molecular complexity index is 911. The van der Waals surface area contributed by atoms with Gasteiger partial charge in [-0.3, -0.25) is 4.79 Å². The fourth-order valence-corrected chi connectivity index (χ4v) is 4.70. The quantitative estimate of drug-likeness (QED) is 0.710. The summed E-state index contributed by atoms with van der Waals surface area (Å²) in [7, 11) is -3.54. The molecule has 0 aliphatic carbocycles. The van der Waals surface area contributed by atoms with Crippen molar-refractivity contribution in [1.29, 1.82) is 0 Å². The van der Waals surface area contributed by atoms with Crippen molar-refractivity contribution < 1.29 is 23.3 Å². The van der Waals surface area contributed by atoms with Crippen LogP contribution >= 0.6 is 0 Å². The van der Waals surface area contributed by atoms with Crippen molar-refractivity contribution in [3.8, 4) is 0 Å². The largest absolute Gasteiger partial charge is 0.379 e. The predicted molar refractivity (Wildman–Crippen MR) is 111 cm³/mol. The molecule has 2 aromatic rings. The first kappa shape index (κ1) is 21.4. The Labute approximate surface area is 172 Å². The molecule has 3 N–H and O–H groups in total. The fourth-order valence-electron chi connectivity index (χ4n) is 3.29. The Kier molecular flexibility index (Phi) is 7.02. The lowest BCUT2D eigenvalue weighted by molar-refractivity contribution is -0.709. The number of carbonyl (C=O) groups is 1. The molecule has 1 aliphatic heterocycles. The summed E-state index contributed by atoms with van der Waals surface area (Å²) in [4.78, 5) is 12.7. The normalized spacial score (nSPS) is 17.4. The molecule has 1 heterocycles. The van der Waals surface area contributed by atoms with Crippen LogP contribution in [0, 0.1) is 0 Å². The van der Waals surface area contributed by atoms with Gasteiger partial charge in [-0.15, -0.1) is 0 Å². The smallest absolute Gasteiger partial charge is 0.282 e. The number of rotatable bonds is 7. The Hall–Kier alpha value is -2.26. The highest BCUT2D eigenvalue weighted by Gasteiger charge is 2.26. The van der Waals surface area contributed by atoms with E-state index in [1.54, 1.807) is 12.1 Å². The van der Waals surface area contributed by atoms with Crippen molar-refractivity contribution >= 4 is 21.6 Å². The molecule has 1 aliphatic rings. The Morgan fingerprint density at radius 1 is 1.03 bits per heavy atom. The molecular weight excluding hydrogens is 390 g/mol. The van der Waals surface area contributed by atoms with Gasteiger partial charge >= 0.3 is 0 Å². The summed E-state index contributed by atoms with van der Waals surface area (Å²) in [5.41, 5.74) is 1.73. The number of sulfonamides is 1. The number of benzene rings is 2. The second kappa shape index (κ2) is 9.49. The maximum atomic E-state index is 12.7. The molecule has 1 saturated heterocycles. The van der Waals surface area contributed by atoms with Crippen molar-refractivity contribution in [3.05, 3.63) is 60.2 Å². The number of hydrogen-bond acceptors (Lipinski definition) is 4. The molecule has 2 atom stereocenters. The lowest BCUT2D eigenvalue weighted by Gasteiger charge is -2.26. The van der Waals surface area contributed by atoms with Gasteiger partial charge in [0.1, 0.15) is 6.04 Å². The summed E-state index contributed by atoms with van der Waals surface area (Å²) >= 11 is 0. The van der Waals surface area contributed by atoms with Gasteiger partial charge in [-0.2, -0.15) is 4.31 Å². The number of morpholine rings is 1. The van der Waals surface area contributed by atoms with Crippen LogP contribution in [-0.2, 0) is 19.6 Å². The summed E-state index contributed by atoms with van der Waals surface area (Å²) in [6.45, 7) is 5.43. The zero-order chi connectivity index (χ0) is 20.9. The molecule has 0 radical (unpaired) electrons. The van der Waals surface area contributed by atoms with Crippen LogP contribution in [0.3, 0.4) is 0 Å². The van der Waals surface area contributed by atoms with Gasteiger partial charge in [-0.05, 0) is 38.1 Å². The van der Waals surface area contributed by atoms with E-state index < -0.39 is 10.0 Å². The number of quaternary nitrogens is 1. The van der Waals surface area contributed by atoms with Gasteiger partial charge < -0.3 is 15.4 Å². The van der Waals surface area contributed by atoms with Crippen molar-refractivity contribution in [2.24, 2.45) is 0 Å². The monoisotopic (exact) mass is 418 g/mol. The minimum Gasteiger partial charge on any atom is -0.379 e. The van der Waals surface area contributed by atoms with Crippen molar-refractivity contribution in [1.82, 2.24) is 4.31 Å². The van der Waals surface area contributed by atoms with Crippen LogP contribution in [0.1, 0.15) is 25.5 Å². The van der Waals surface area contributed by atoms with Gasteiger partial charge in [0, 0.05) is 24.3 Å². The lowest BCUT2D eigenvalue weighted by Crippen LogP contribution is -2.91. The van der Waals surface area contributed by atoms with Gasteiger partial charge in [0.15, 0.2) is 6.04 Å². The third-order valence-corrected chi connectivity index (χ3v) is 6.96. The predicted octanol–water partition coefficient (Wildman–Crippen LogP) is 1.36. The second-order valence-electron chi connectivity index (χ2n) is 7.21. The highest BCUT2D eigenvalue weighted by molar-refractivity contribution is 7.89. The van der Waals surface area contributed by atoms with Gasteiger partial charge in [0.2, 0.25) is 10.0 Å². The van der Waals surface area contributed by atoms with E-state index in [-0.39, 0.29) is 22.9 Å². The molecule has 0 unspecified atom stereocenters. The van der Waals surface area contributed by atoms with Crippen LogP contribution in [0.15, 0.2) is 59.5 Å². The first-order chi connectivity index (χ1) is 13.9. The van der Waals surface area contributed by atoms with E-state index in [9.17, 15) is 13.2 Å². The molecular formula is C21H28N3O4S+. The first-order valence-electron chi connectivity index (χ1n) is 9.76. The van der Waals surface area contributed by atoms with Gasteiger partial charge in [-0.25, -0.2) is 8.42 Å². The fraction of sp³-hybridized carbons (Fsp3) is 0.381. The summed E-state index contributed by atoms with van der Waals surface area (Å²) in [5.74, 6) is -0.128. The van der Waals surface area contributed by atoms with Crippen molar-refractivity contribution in [2.75, 3.05) is 31.6 Å². The Morgan fingerprint density at radius 3 is 2.28 bits per heavy atom. The second-order valence-corrected chi connectivity index (χ2v) is 9.15. The molecule has 29 heavy (non-hydrogen) atoms. The number of nitrogens with zero attached hydrogens (tertiary/aromatic N) is 1. The molecule has 0 spiro atoms. The lowest BCUT2D eigenvalue weighted by atomic mass is 10.1. The number of nitrogens with one attached hydrogen (secondary N) is 1. The minimum absolute atomic E-state index is 0.128. The number of ether oxygens (including phenoxy) is 1. The Balaban J connectivity index is 1.59. The van der Waals surface area contributed by atoms with E-state index >= 15 is 0 Å². The van der Waals surface area contributed by atoms with Gasteiger partial charge in [0.25, 0.3) is 5.91 Å². The van der Waals surface area contributed by atoms with Gasteiger partial charge in [-0.1, -0.05) is 30.3 Å². The number of anilines is 1.